The minimum absolute atomic E-state index is 0.141. The van der Waals surface area contributed by atoms with E-state index >= 15 is 0 Å². The second-order valence-corrected chi connectivity index (χ2v) is 8.43. The van der Waals surface area contributed by atoms with Gasteiger partial charge in [-0.05, 0) is 25.0 Å². The summed E-state index contributed by atoms with van der Waals surface area (Å²) in [4.78, 5) is 37.1. The Labute approximate surface area is 199 Å². The molecule has 1 aromatic carbocycles. The topological polar surface area (TPSA) is 111 Å². The van der Waals surface area contributed by atoms with E-state index in [0.29, 0.717) is 18.4 Å². The van der Waals surface area contributed by atoms with Gasteiger partial charge < -0.3 is 15.4 Å². The quantitative estimate of drug-likeness (QED) is 0.543. The number of benzene rings is 1. The maximum absolute atomic E-state index is 13.1. The van der Waals surface area contributed by atoms with Crippen molar-refractivity contribution >= 4 is 28.8 Å². The van der Waals surface area contributed by atoms with Crippen LogP contribution >= 0.6 is 0 Å². The molecule has 9 nitrogen and oxygen atoms in total. The highest BCUT2D eigenvalue weighted by Crippen LogP contribution is 2.46. The van der Waals surface area contributed by atoms with Crippen molar-refractivity contribution in [2.75, 3.05) is 5.32 Å². The van der Waals surface area contributed by atoms with Crippen molar-refractivity contribution in [2.45, 2.75) is 57.7 Å². The monoisotopic (exact) mass is 490 g/mol. The first kappa shape index (κ1) is 24.6. The molecule has 0 aliphatic carbocycles. The Morgan fingerprint density at radius 3 is 2.43 bits per heavy atom. The summed E-state index contributed by atoms with van der Waals surface area (Å²) in [5, 5.41) is 4.80. The van der Waals surface area contributed by atoms with Crippen molar-refractivity contribution in [2.24, 2.45) is 5.92 Å². The van der Waals surface area contributed by atoms with Gasteiger partial charge in [0, 0.05) is 11.5 Å². The van der Waals surface area contributed by atoms with Gasteiger partial charge in [0.25, 0.3) is 5.91 Å². The molecule has 1 fully saturated rings. The lowest BCUT2D eigenvalue weighted by atomic mass is 9.81. The summed E-state index contributed by atoms with van der Waals surface area (Å²) in [7, 11) is 0. The molecule has 0 bridgehead atoms. The summed E-state index contributed by atoms with van der Waals surface area (Å²) >= 11 is 0. The lowest BCUT2D eigenvalue weighted by molar-refractivity contribution is -0.175. The van der Waals surface area contributed by atoms with Gasteiger partial charge >= 0.3 is 12.1 Å². The molecule has 1 saturated heterocycles. The number of alkyl halides is 3. The molecule has 1 unspecified atom stereocenters. The van der Waals surface area contributed by atoms with E-state index in [1.54, 1.807) is 37.3 Å². The maximum atomic E-state index is 13.1. The molecule has 2 aromatic heterocycles. The molecule has 3 aromatic rings. The van der Waals surface area contributed by atoms with Crippen LogP contribution in [0.15, 0.2) is 43.0 Å². The number of halogens is 3. The van der Waals surface area contributed by atoms with Crippen LogP contribution < -0.4 is 10.6 Å². The fourth-order valence-electron chi connectivity index (χ4n) is 4.61. The van der Waals surface area contributed by atoms with Crippen molar-refractivity contribution in [3.8, 4) is 0 Å². The molecule has 2 N–H and O–H groups in total. The highest BCUT2D eigenvalue weighted by Gasteiger charge is 2.54. The first-order chi connectivity index (χ1) is 16.6. The fraction of sp³-hybridized carbons (Fsp3) is 0.435. The second kappa shape index (κ2) is 9.25. The van der Waals surface area contributed by atoms with E-state index in [1.807, 2.05) is 13.8 Å². The summed E-state index contributed by atoms with van der Waals surface area (Å²) in [6.07, 6.45) is -2.41. The largest absolute Gasteiger partial charge is 0.471 e. The summed E-state index contributed by atoms with van der Waals surface area (Å²) in [5.74, 6) is -2.75. The lowest BCUT2D eigenvalue weighted by Crippen LogP contribution is -2.49. The number of nitrogens with zero attached hydrogens (tertiary/aromatic N) is 4. The van der Waals surface area contributed by atoms with Crippen LogP contribution in [0.5, 0.6) is 0 Å². The van der Waals surface area contributed by atoms with E-state index in [1.165, 1.54) is 17.2 Å². The van der Waals surface area contributed by atoms with Gasteiger partial charge in [0.2, 0.25) is 0 Å². The lowest BCUT2D eigenvalue weighted by Gasteiger charge is -2.31. The van der Waals surface area contributed by atoms with Crippen LogP contribution in [0, 0.1) is 5.92 Å². The van der Waals surface area contributed by atoms with Gasteiger partial charge in [-0.3, -0.25) is 14.2 Å². The average molecular weight is 490 g/mol. The van der Waals surface area contributed by atoms with Crippen LogP contribution in [0.4, 0.5) is 19.0 Å². The number of amides is 2. The number of fused-ring (bicyclic) bond motifs is 1. The summed E-state index contributed by atoms with van der Waals surface area (Å²) in [5.41, 5.74) is 0.133. The Bertz CT molecular complexity index is 1230. The van der Waals surface area contributed by atoms with E-state index in [-0.39, 0.29) is 17.0 Å². The summed E-state index contributed by atoms with van der Waals surface area (Å²) < 4.78 is 47.1. The van der Waals surface area contributed by atoms with Gasteiger partial charge in [-0.15, -0.1) is 0 Å². The zero-order chi connectivity index (χ0) is 25.4. The molecule has 35 heavy (non-hydrogen) atoms. The Morgan fingerprint density at radius 1 is 1.11 bits per heavy atom. The third-order valence-corrected chi connectivity index (χ3v) is 6.68. The number of anilines is 1. The van der Waals surface area contributed by atoms with E-state index in [0.717, 1.165) is 0 Å². The van der Waals surface area contributed by atoms with Gasteiger partial charge in [0.1, 0.15) is 6.33 Å². The third-order valence-electron chi connectivity index (χ3n) is 6.68. The number of nitrogens with one attached hydrogen (secondary N) is 2. The molecule has 3 heterocycles. The molecule has 0 spiro atoms. The van der Waals surface area contributed by atoms with Crippen LogP contribution in [0.1, 0.15) is 50.2 Å². The van der Waals surface area contributed by atoms with Crippen molar-refractivity contribution in [3.63, 3.8) is 0 Å². The summed E-state index contributed by atoms with van der Waals surface area (Å²) in [6.45, 7) is 5.53. The van der Waals surface area contributed by atoms with Crippen molar-refractivity contribution in [1.82, 2.24) is 24.8 Å². The number of hydrogen-bond donors (Lipinski definition) is 2. The number of carbonyl (C=O) groups excluding carboxylic acids is 2. The zero-order valence-corrected chi connectivity index (χ0v) is 19.3. The molecule has 2 amide bonds. The van der Waals surface area contributed by atoms with Gasteiger partial charge in [0.05, 0.1) is 18.0 Å². The Balaban J connectivity index is 1.71. The SMILES string of the molecule is CCC1(CC)O[C@@H](n2cnc3c(NC(=O)c4ccccc4)ncnc32)[C@@H](NC(=O)C(F)(F)F)C1C. The highest BCUT2D eigenvalue weighted by atomic mass is 19.4. The third kappa shape index (κ3) is 4.45. The van der Waals surface area contributed by atoms with E-state index < -0.39 is 41.8 Å². The molecule has 1 aliphatic heterocycles. The van der Waals surface area contributed by atoms with Crippen LogP contribution in [0.2, 0.25) is 0 Å². The Hall–Kier alpha value is -3.54. The van der Waals surface area contributed by atoms with Gasteiger partial charge in [-0.2, -0.15) is 13.2 Å². The normalized spacial score (nSPS) is 21.7. The minimum atomic E-state index is -5.04. The number of ether oxygens (including phenoxy) is 1. The molecule has 3 atom stereocenters. The molecule has 1 aliphatic rings. The van der Waals surface area contributed by atoms with Gasteiger partial charge in [0.15, 0.2) is 23.2 Å². The molecule has 186 valence electrons. The van der Waals surface area contributed by atoms with Crippen LogP contribution in [0.3, 0.4) is 0 Å². The van der Waals surface area contributed by atoms with Crippen molar-refractivity contribution in [1.29, 1.82) is 0 Å². The van der Waals surface area contributed by atoms with Crippen LogP contribution in [-0.2, 0) is 9.53 Å². The summed E-state index contributed by atoms with van der Waals surface area (Å²) in [6, 6.07) is 7.51. The van der Waals surface area contributed by atoms with Crippen LogP contribution in [0.25, 0.3) is 11.2 Å². The molecule has 0 radical (unpaired) electrons. The Morgan fingerprint density at radius 2 is 1.80 bits per heavy atom. The standard InChI is InChI=1S/C23H25F3N6O3/c1-4-22(5-2)13(3)15(30-21(34)23(24,25)26)20(35-22)32-12-29-16-17(27-11-28-18(16)32)31-19(33)14-9-7-6-8-10-14/h6-13,15,20H,4-5H2,1-3H3,(H,30,34)(H,27,28,31,33)/t13?,15-,20+/m0/s1. The molecular formula is C23H25F3N6O3. The molecule has 12 heteroatoms. The zero-order valence-electron chi connectivity index (χ0n) is 19.3. The number of imidazole rings is 1. The molecule has 4 rings (SSSR count). The first-order valence-electron chi connectivity index (χ1n) is 11.2. The number of hydrogen-bond acceptors (Lipinski definition) is 6. The van der Waals surface area contributed by atoms with Crippen molar-refractivity contribution in [3.05, 3.63) is 48.5 Å². The predicted octanol–water partition coefficient (Wildman–Crippen LogP) is 3.85. The predicted molar refractivity (Wildman–Crippen MR) is 120 cm³/mol. The Kier molecular flexibility index (Phi) is 6.50. The van der Waals surface area contributed by atoms with E-state index in [4.69, 9.17) is 4.74 Å². The van der Waals surface area contributed by atoms with Crippen LogP contribution in [-0.4, -0.2) is 49.2 Å². The first-order valence-corrected chi connectivity index (χ1v) is 11.2. The van der Waals surface area contributed by atoms with Gasteiger partial charge in [-0.25, -0.2) is 15.0 Å². The van der Waals surface area contributed by atoms with E-state index in [2.05, 4.69) is 25.6 Å². The van der Waals surface area contributed by atoms with Gasteiger partial charge in [-0.1, -0.05) is 39.0 Å². The number of carbonyl (C=O) groups is 2. The molecular weight excluding hydrogens is 465 g/mol. The van der Waals surface area contributed by atoms with E-state index in [9.17, 15) is 22.8 Å². The number of rotatable bonds is 6. The molecule has 0 saturated carbocycles. The minimum Gasteiger partial charge on any atom is -0.349 e. The maximum Gasteiger partial charge on any atom is 0.471 e. The number of aromatic nitrogens is 4. The highest BCUT2D eigenvalue weighted by molar-refractivity contribution is 6.06. The second-order valence-electron chi connectivity index (χ2n) is 8.43. The van der Waals surface area contributed by atoms with Crippen molar-refractivity contribution < 1.29 is 27.5 Å². The smallest absolute Gasteiger partial charge is 0.349 e. The average Bonchev–Trinajstić information content (AvgIpc) is 3.39. The fourth-order valence-corrected chi connectivity index (χ4v) is 4.61.